The summed E-state index contributed by atoms with van der Waals surface area (Å²) >= 11 is 0. The molecule has 0 aliphatic carbocycles. The molecule has 0 unspecified atom stereocenters. The average Bonchev–Trinajstić information content (AvgIpc) is 2.93. The van der Waals surface area contributed by atoms with E-state index >= 15 is 0 Å². The standard InChI is InChI=1S/C14H16N4O2S/c1-16-9-13-10-18(11-17-13)6-7-21(19,20)14-4-2-12(8-15)3-5-14/h2-5,10-11,16H,6-7,9H2,1H3. The second kappa shape index (κ2) is 6.52. The molecule has 1 N–H and O–H groups in total. The third-order valence-electron chi connectivity index (χ3n) is 3.01. The van der Waals surface area contributed by atoms with Crippen LogP contribution in [0.5, 0.6) is 0 Å². The first kappa shape index (κ1) is 15.2. The van der Waals surface area contributed by atoms with Gasteiger partial charge in [0, 0.05) is 19.3 Å². The first-order valence-electron chi connectivity index (χ1n) is 6.43. The van der Waals surface area contributed by atoms with Crippen LogP contribution < -0.4 is 5.32 Å². The number of imidazole rings is 1. The number of nitrogens with zero attached hydrogens (tertiary/aromatic N) is 3. The Balaban J connectivity index is 2.04. The van der Waals surface area contributed by atoms with Crippen molar-refractivity contribution in [1.29, 1.82) is 5.26 Å². The van der Waals surface area contributed by atoms with E-state index in [-0.39, 0.29) is 10.6 Å². The topological polar surface area (TPSA) is 87.8 Å². The Morgan fingerprint density at radius 2 is 2.05 bits per heavy atom. The maximum Gasteiger partial charge on any atom is 0.180 e. The van der Waals surface area contributed by atoms with Gasteiger partial charge in [-0.3, -0.25) is 0 Å². The van der Waals surface area contributed by atoms with Gasteiger partial charge in [-0.2, -0.15) is 5.26 Å². The highest BCUT2D eigenvalue weighted by atomic mass is 32.2. The van der Waals surface area contributed by atoms with Crippen LogP contribution in [0.25, 0.3) is 0 Å². The zero-order valence-corrected chi connectivity index (χ0v) is 12.5. The highest BCUT2D eigenvalue weighted by Crippen LogP contribution is 2.12. The molecule has 1 aromatic carbocycles. The molecule has 0 radical (unpaired) electrons. The molecule has 1 aromatic heterocycles. The SMILES string of the molecule is CNCc1cn(CCS(=O)(=O)c2ccc(C#N)cc2)cn1. The molecule has 0 spiro atoms. The highest BCUT2D eigenvalue weighted by Gasteiger charge is 2.14. The molecule has 21 heavy (non-hydrogen) atoms. The fourth-order valence-electron chi connectivity index (χ4n) is 1.88. The van der Waals surface area contributed by atoms with Crippen LogP contribution in [0.4, 0.5) is 0 Å². The van der Waals surface area contributed by atoms with Gasteiger partial charge in [-0.1, -0.05) is 0 Å². The Morgan fingerprint density at radius 3 is 2.67 bits per heavy atom. The minimum Gasteiger partial charge on any atom is -0.336 e. The van der Waals surface area contributed by atoms with E-state index in [1.165, 1.54) is 24.3 Å². The third-order valence-corrected chi connectivity index (χ3v) is 4.72. The van der Waals surface area contributed by atoms with Gasteiger partial charge in [-0.25, -0.2) is 13.4 Å². The largest absolute Gasteiger partial charge is 0.336 e. The maximum absolute atomic E-state index is 12.2. The van der Waals surface area contributed by atoms with Gasteiger partial charge in [0.15, 0.2) is 9.84 Å². The number of benzene rings is 1. The number of sulfone groups is 1. The Bertz CT molecular complexity index is 742. The minimum atomic E-state index is -3.36. The molecule has 7 heteroatoms. The number of hydrogen-bond acceptors (Lipinski definition) is 5. The third kappa shape index (κ3) is 3.90. The van der Waals surface area contributed by atoms with Crippen molar-refractivity contribution in [3.63, 3.8) is 0 Å². The first-order chi connectivity index (χ1) is 10.0. The minimum absolute atomic E-state index is 0.00570. The summed E-state index contributed by atoms with van der Waals surface area (Å²) in [5, 5.41) is 11.7. The van der Waals surface area contributed by atoms with Gasteiger partial charge in [-0.05, 0) is 31.3 Å². The zero-order chi connectivity index (χ0) is 15.3. The summed E-state index contributed by atoms with van der Waals surface area (Å²) in [6, 6.07) is 7.92. The fraction of sp³-hybridized carbons (Fsp3) is 0.286. The Kier molecular flexibility index (Phi) is 4.73. The lowest BCUT2D eigenvalue weighted by Gasteiger charge is -2.05. The molecule has 2 aromatic rings. The van der Waals surface area contributed by atoms with Crippen LogP contribution in [-0.4, -0.2) is 30.8 Å². The van der Waals surface area contributed by atoms with Crippen LogP contribution in [-0.2, 0) is 22.9 Å². The number of aryl methyl sites for hydroxylation is 1. The van der Waals surface area contributed by atoms with Gasteiger partial charge in [-0.15, -0.1) is 0 Å². The van der Waals surface area contributed by atoms with Crippen molar-refractivity contribution in [2.24, 2.45) is 0 Å². The normalized spacial score (nSPS) is 11.2. The van der Waals surface area contributed by atoms with E-state index in [1.807, 2.05) is 19.3 Å². The number of nitrogens with one attached hydrogen (secondary N) is 1. The number of rotatable bonds is 6. The van der Waals surface area contributed by atoms with E-state index in [2.05, 4.69) is 10.3 Å². The molecule has 0 saturated carbocycles. The molecule has 0 fully saturated rings. The fourth-order valence-corrected chi connectivity index (χ4v) is 3.12. The van der Waals surface area contributed by atoms with E-state index in [9.17, 15) is 8.42 Å². The summed E-state index contributed by atoms with van der Waals surface area (Å²) in [5.74, 6) is -0.00570. The molecule has 0 aliphatic heterocycles. The molecule has 0 aliphatic rings. The molecule has 6 nitrogen and oxygen atoms in total. The van der Waals surface area contributed by atoms with Crippen molar-refractivity contribution in [1.82, 2.24) is 14.9 Å². The molecule has 0 bridgehead atoms. The van der Waals surface area contributed by atoms with Gasteiger partial charge >= 0.3 is 0 Å². The molecule has 110 valence electrons. The van der Waals surface area contributed by atoms with Crippen LogP contribution in [0.2, 0.25) is 0 Å². The number of hydrogen-bond donors (Lipinski definition) is 1. The van der Waals surface area contributed by atoms with Crippen molar-refractivity contribution in [2.75, 3.05) is 12.8 Å². The molecule has 0 atom stereocenters. The van der Waals surface area contributed by atoms with Crippen molar-refractivity contribution >= 4 is 9.84 Å². The molecule has 0 amide bonds. The van der Waals surface area contributed by atoms with Crippen LogP contribution >= 0.6 is 0 Å². The summed E-state index contributed by atoms with van der Waals surface area (Å²) in [6.07, 6.45) is 3.45. The van der Waals surface area contributed by atoms with Crippen LogP contribution in [0.1, 0.15) is 11.3 Å². The Hall–Kier alpha value is -2.17. The summed E-state index contributed by atoms with van der Waals surface area (Å²) in [4.78, 5) is 4.41. The van der Waals surface area contributed by atoms with Crippen molar-refractivity contribution < 1.29 is 8.42 Å². The van der Waals surface area contributed by atoms with E-state index in [0.717, 1.165) is 5.69 Å². The summed E-state index contributed by atoms with van der Waals surface area (Å²) < 4.78 is 26.2. The molecule has 1 heterocycles. The van der Waals surface area contributed by atoms with Gasteiger partial charge < -0.3 is 9.88 Å². The van der Waals surface area contributed by atoms with E-state index in [0.29, 0.717) is 18.7 Å². The monoisotopic (exact) mass is 304 g/mol. The lowest BCUT2D eigenvalue weighted by molar-refractivity contribution is 0.588. The maximum atomic E-state index is 12.2. The van der Waals surface area contributed by atoms with Crippen molar-refractivity contribution in [2.45, 2.75) is 18.0 Å². The smallest absolute Gasteiger partial charge is 0.180 e. The van der Waals surface area contributed by atoms with Gasteiger partial charge in [0.1, 0.15) is 0 Å². The van der Waals surface area contributed by atoms with Gasteiger partial charge in [0.2, 0.25) is 0 Å². The van der Waals surface area contributed by atoms with Crippen LogP contribution in [0, 0.1) is 11.3 Å². The predicted octanol–water partition coefficient (Wildman–Crippen LogP) is 0.948. The quantitative estimate of drug-likeness (QED) is 0.858. The summed E-state index contributed by atoms with van der Waals surface area (Å²) in [6.45, 7) is 0.994. The van der Waals surface area contributed by atoms with E-state index in [4.69, 9.17) is 5.26 Å². The first-order valence-corrected chi connectivity index (χ1v) is 8.08. The average molecular weight is 304 g/mol. The van der Waals surface area contributed by atoms with E-state index in [1.54, 1.807) is 10.9 Å². The molecule has 0 saturated heterocycles. The van der Waals surface area contributed by atoms with Gasteiger partial charge in [0.25, 0.3) is 0 Å². The predicted molar refractivity (Wildman–Crippen MR) is 78.2 cm³/mol. The van der Waals surface area contributed by atoms with Crippen molar-refractivity contribution in [3.05, 3.63) is 48.0 Å². The van der Waals surface area contributed by atoms with Gasteiger partial charge in [0.05, 0.1) is 34.3 Å². The van der Waals surface area contributed by atoms with Crippen LogP contribution in [0.15, 0.2) is 41.7 Å². The lowest BCUT2D eigenvalue weighted by atomic mass is 10.2. The lowest BCUT2D eigenvalue weighted by Crippen LogP contribution is -2.12. The zero-order valence-electron chi connectivity index (χ0n) is 11.7. The second-order valence-corrected chi connectivity index (χ2v) is 6.70. The van der Waals surface area contributed by atoms with Crippen LogP contribution in [0.3, 0.4) is 0 Å². The summed E-state index contributed by atoms with van der Waals surface area (Å²) in [7, 11) is -1.53. The molecule has 2 rings (SSSR count). The summed E-state index contributed by atoms with van der Waals surface area (Å²) in [5.41, 5.74) is 1.31. The molecular weight excluding hydrogens is 288 g/mol. The molecular formula is C14H16N4O2S. The second-order valence-electron chi connectivity index (χ2n) is 4.59. The Morgan fingerprint density at radius 1 is 1.33 bits per heavy atom. The van der Waals surface area contributed by atoms with E-state index < -0.39 is 9.84 Å². The Labute approximate surface area is 124 Å². The number of aromatic nitrogens is 2. The number of nitriles is 1. The highest BCUT2D eigenvalue weighted by molar-refractivity contribution is 7.91. The van der Waals surface area contributed by atoms with Crippen molar-refractivity contribution in [3.8, 4) is 6.07 Å².